The Morgan fingerprint density at radius 2 is 1.65 bits per heavy atom. The number of hydrogen-bond acceptors (Lipinski definition) is 3. The molecule has 3 aromatic rings. The van der Waals surface area contributed by atoms with Crippen molar-refractivity contribution >= 4 is 15.9 Å². The number of carbonyl (C=O) groups excluding carboxylic acids is 1. The van der Waals surface area contributed by atoms with E-state index >= 15 is 0 Å². The molecule has 164 valence electrons. The molecule has 31 heavy (non-hydrogen) atoms. The molecule has 0 aliphatic rings. The number of aromatic nitrogens is 1. The summed E-state index contributed by atoms with van der Waals surface area (Å²) in [6, 6.07) is 15.9. The lowest BCUT2D eigenvalue weighted by Gasteiger charge is -2.19. The molecule has 3 rings (SSSR count). The molecule has 0 fully saturated rings. The van der Waals surface area contributed by atoms with Crippen molar-refractivity contribution in [1.29, 1.82) is 0 Å². The van der Waals surface area contributed by atoms with Gasteiger partial charge in [-0.25, -0.2) is 8.42 Å². The Balaban J connectivity index is 1.75. The fraction of sp³-hybridized carbons (Fsp3) is 0.292. The van der Waals surface area contributed by atoms with E-state index in [-0.39, 0.29) is 16.8 Å². The van der Waals surface area contributed by atoms with Crippen molar-refractivity contribution in [2.24, 2.45) is 0 Å². The molecule has 1 atom stereocenters. The van der Waals surface area contributed by atoms with E-state index in [1.165, 1.54) is 4.31 Å². The lowest BCUT2D eigenvalue weighted by Crippen LogP contribution is -2.30. The third-order valence-electron chi connectivity index (χ3n) is 5.42. The Morgan fingerprint density at radius 3 is 2.23 bits per heavy atom. The van der Waals surface area contributed by atoms with Crippen molar-refractivity contribution in [3.63, 3.8) is 0 Å². The summed E-state index contributed by atoms with van der Waals surface area (Å²) >= 11 is 0. The Hall–Kier alpha value is -2.90. The molecule has 0 aliphatic heterocycles. The summed E-state index contributed by atoms with van der Waals surface area (Å²) in [5.74, 6) is -0.180. The van der Waals surface area contributed by atoms with Gasteiger partial charge in [-0.2, -0.15) is 4.31 Å². The molecule has 1 N–H and O–H groups in total. The van der Waals surface area contributed by atoms with E-state index in [4.69, 9.17) is 0 Å². The maximum Gasteiger partial charge on any atom is 0.251 e. The highest BCUT2D eigenvalue weighted by Gasteiger charge is 2.22. The summed E-state index contributed by atoms with van der Waals surface area (Å²) in [5.41, 5.74) is 3.44. The maximum atomic E-state index is 12.8. The molecule has 2 aromatic carbocycles. The lowest BCUT2D eigenvalue weighted by atomic mass is 10.1. The van der Waals surface area contributed by atoms with E-state index in [0.29, 0.717) is 18.7 Å². The molecule has 0 spiro atoms. The second-order valence-electron chi connectivity index (χ2n) is 7.45. The Labute approximate surface area is 184 Å². The van der Waals surface area contributed by atoms with Gasteiger partial charge in [-0.1, -0.05) is 32.0 Å². The van der Waals surface area contributed by atoms with E-state index in [0.717, 1.165) is 16.8 Å². The van der Waals surface area contributed by atoms with Crippen LogP contribution >= 0.6 is 0 Å². The molecule has 0 saturated heterocycles. The van der Waals surface area contributed by atoms with Gasteiger partial charge in [0.15, 0.2) is 0 Å². The van der Waals surface area contributed by atoms with Gasteiger partial charge in [-0.05, 0) is 61.4 Å². The van der Waals surface area contributed by atoms with Gasteiger partial charge in [0.25, 0.3) is 5.91 Å². The van der Waals surface area contributed by atoms with E-state index in [9.17, 15) is 13.2 Å². The van der Waals surface area contributed by atoms with Crippen molar-refractivity contribution in [1.82, 2.24) is 14.2 Å². The number of sulfonamides is 1. The molecule has 1 amide bonds. The van der Waals surface area contributed by atoms with Crippen LogP contribution in [0.25, 0.3) is 5.69 Å². The highest BCUT2D eigenvalue weighted by atomic mass is 32.2. The Bertz CT molecular complexity index is 1130. The van der Waals surface area contributed by atoms with Gasteiger partial charge in [0.2, 0.25) is 10.0 Å². The molecule has 0 bridgehead atoms. The van der Waals surface area contributed by atoms with Gasteiger partial charge in [0, 0.05) is 36.7 Å². The first-order chi connectivity index (χ1) is 14.8. The number of aryl methyl sites for hydroxylation is 1. The number of nitrogens with one attached hydrogen (secondary N) is 1. The number of hydrogen-bond donors (Lipinski definition) is 1. The van der Waals surface area contributed by atoms with Gasteiger partial charge in [-0.3, -0.25) is 4.79 Å². The first-order valence-electron chi connectivity index (χ1n) is 10.4. The van der Waals surface area contributed by atoms with Gasteiger partial charge in [0.05, 0.1) is 10.9 Å². The number of benzene rings is 2. The lowest BCUT2D eigenvalue weighted by molar-refractivity contribution is 0.0940. The van der Waals surface area contributed by atoms with Gasteiger partial charge < -0.3 is 9.88 Å². The Morgan fingerprint density at radius 1 is 1.03 bits per heavy atom. The highest BCUT2D eigenvalue weighted by molar-refractivity contribution is 7.89. The second-order valence-corrected chi connectivity index (χ2v) is 9.38. The van der Waals surface area contributed by atoms with Crippen molar-refractivity contribution in [2.75, 3.05) is 13.1 Å². The fourth-order valence-electron chi connectivity index (χ4n) is 3.53. The number of amides is 1. The van der Waals surface area contributed by atoms with E-state index < -0.39 is 10.0 Å². The van der Waals surface area contributed by atoms with Crippen LogP contribution in [0, 0.1) is 6.92 Å². The Kier molecular flexibility index (Phi) is 6.97. The number of nitrogens with zero attached hydrogens (tertiary/aromatic N) is 2. The van der Waals surface area contributed by atoms with Crippen molar-refractivity contribution < 1.29 is 13.2 Å². The minimum atomic E-state index is -3.50. The molecule has 1 unspecified atom stereocenters. The fourth-order valence-corrected chi connectivity index (χ4v) is 4.99. The monoisotopic (exact) mass is 439 g/mol. The number of carbonyl (C=O) groups is 1. The van der Waals surface area contributed by atoms with Crippen molar-refractivity contribution in [3.05, 3.63) is 83.7 Å². The predicted molar refractivity (Wildman–Crippen MR) is 123 cm³/mol. The predicted octanol–water partition coefficient (Wildman–Crippen LogP) is 4.31. The smallest absolute Gasteiger partial charge is 0.251 e. The zero-order valence-corrected chi connectivity index (χ0v) is 19.2. The average Bonchev–Trinajstić information content (AvgIpc) is 3.29. The van der Waals surface area contributed by atoms with Crippen LogP contribution in [-0.2, 0) is 10.0 Å². The third kappa shape index (κ3) is 4.89. The standard InChI is InChI=1S/C24H29N3O3S/c1-5-27(6-2)31(29,30)22-13-11-20(12-14-22)19(4)25-24(28)21-10-9-18(3)23(17-21)26-15-7-8-16-26/h7-17,19H,5-6H2,1-4H3,(H,25,28). The molecule has 1 aromatic heterocycles. The van der Waals surface area contributed by atoms with Crippen molar-refractivity contribution in [3.8, 4) is 5.69 Å². The highest BCUT2D eigenvalue weighted by Crippen LogP contribution is 2.21. The minimum absolute atomic E-state index is 0.180. The molecular weight excluding hydrogens is 410 g/mol. The van der Waals surface area contributed by atoms with Crippen LogP contribution < -0.4 is 5.32 Å². The minimum Gasteiger partial charge on any atom is -0.346 e. The zero-order chi connectivity index (χ0) is 22.6. The van der Waals surface area contributed by atoms with Crippen molar-refractivity contribution in [2.45, 2.75) is 38.6 Å². The zero-order valence-electron chi connectivity index (χ0n) is 18.4. The largest absolute Gasteiger partial charge is 0.346 e. The topological polar surface area (TPSA) is 71.4 Å². The van der Waals surface area contributed by atoms with Crippen LogP contribution in [0.5, 0.6) is 0 Å². The van der Waals surface area contributed by atoms with E-state index in [1.807, 2.05) is 75.0 Å². The first kappa shape index (κ1) is 22.8. The van der Waals surface area contributed by atoms with Crippen LogP contribution in [0.3, 0.4) is 0 Å². The van der Waals surface area contributed by atoms with Crippen LogP contribution in [0.4, 0.5) is 0 Å². The van der Waals surface area contributed by atoms with Gasteiger partial charge >= 0.3 is 0 Å². The van der Waals surface area contributed by atoms with Crippen LogP contribution in [0.2, 0.25) is 0 Å². The normalized spacial score (nSPS) is 12.7. The summed E-state index contributed by atoms with van der Waals surface area (Å²) in [7, 11) is -3.50. The summed E-state index contributed by atoms with van der Waals surface area (Å²) in [5, 5.41) is 3.00. The van der Waals surface area contributed by atoms with Crippen LogP contribution in [-0.4, -0.2) is 36.3 Å². The molecular formula is C24H29N3O3S. The van der Waals surface area contributed by atoms with Crippen LogP contribution in [0.15, 0.2) is 71.9 Å². The number of rotatable bonds is 8. The average molecular weight is 440 g/mol. The van der Waals surface area contributed by atoms with Crippen LogP contribution in [0.1, 0.15) is 48.3 Å². The van der Waals surface area contributed by atoms with E-state index in [1.54, 1.807) is 24.3 Å². The second kappa shape index (κ2) is 9.49. The molecule has 0 saturated carbocycles. The summed E-state index contributed by atoms with van der Waals surface area (Å²) in [6.45, 7) is 8.38. The molecule has 1 heterocycles. The van der Waals surface area contributed by atoms with E-state index in [2.05, 4.69) is 5.32 Å². The summed E-state index contributed by atoms with van der Waals surface area (Å²) < 4.78 is 28.7. The van der Waals surface area contributed by atoms with Gasteiger partial charge in [0.1, 0.15) is 0 Å². The SMILES string of the molecule is CCN(CC)S(=O)(=O)c1ccc(C(C)NC(=O)c2ccc(C)c(-n3cccc3)c2)cc1. The van der Waals surface area contributed by atoms with Gasteiger partial charge in [-0.15, -0.1) is 0 Å². The quantitative estimate of drug-likeness (QED) is 0.569. The maximum absolute atomic E-state index is 12.8. The third-order valence-corrected chi connectivity index (χ3v) is 7.49. The first-order valence-corrected chi connectivity index (χ1v) is 11.9. The molecule has 6 nitrogen and oxygen atoms in total. The molecule has 7 heteroatoms. The molecule has 0 radical (unpaired) electrons. The summed E-state index contributed by atoms with van der Waals surface area (Å²) in [4.78, 5) is 13.1. The summed E-state index contributed by atoms with van der Waals surface area (Å²) in [6.07, 6.45) is 3.89. The molecule has 0 aliphatic carbocycles.